The van der Waals surface area contributed by atoms with Crippen molar-refractivity contribution in [1.82, 2.24) is 9.47 Å². The summed E-state index contributed by atoms with van der Waals surface area (Å²) in [7, 11) is 2.19. The highest BCUT2D eigenvalue weighted by molar-refractivity contribution is 5.89. The van der Waals surface area contributed by atoms with Gasteiger partial charge in [-0.2, -0.15) is 0 Å². The third-order valence-electron chi connectivity index (χ3n) is 5.36. The molecule has 20 heavy (non-hydrogen) atoms. The molecule has 1 unspecified atom stereocenters. The van der Waals surface area contributed by atoms with E-state index in [9.17, 15) is 0 Å². The fraction of sp³-hybridized carbons (Fsp3) is 0.556. The number of hydrogen-bond acceptors (Lipinski definition) is 1. The molecule has 1 aromatic heterocycles. The zero-order valence-electron chi connectivity index (χ0n) is 12.6. The van der Waals surface area contributed by atoms with Gasteiger partial charge in [-0.15, -0.1) is 0 Å². The normalized spacial score (nSPS) is 25.9. The van der Waals surface area contributed by atoms with E-state index in [0.717, 1.165) is 12.0 Å². The van der Waals surface area contributed by atoms with E-state index in [2.05, 4.69) is 47.8 Å². The van der Waals surface area contributed by atoms with Gasteiger partial charge < -0.3 is 4.57 Å². The molecule has 2 heterocycles. The first kappa shape index (κ1) is 12.5. The Labute approximate surface area is 121 Å². The number of aryl methyl sites for hydroxylation is 1. The minimum atomic E-state index is 0.740. The number of nitrogens with zero attached hydrogens (tertiary/aromatic N) is 2. The molecule has 0 bridgehead atoms. The van der Waals surface area contributed by atoms with Crippen LogP contribution in [0.15, 0.2) is 24.4 Å². The maximum absolute atomic E-state index is 2.75. The minimum Gasteiger partial charge on any atom is -0.350 e. The molecule has 4 rings (SSSR count). The highest BCUT2D eigenvalue weighted by atomic mass is 15.2. The lowest BCUT2D eigenvalue weighted by molar-refractivity contribution is 0.124. The van der Waals surface area contributed by atoms with Crippen LogP contribution in [0.25, 0.3) is 10.9 Å². The predicted molar refractivity (Wildman–Crippen MR) is 84.3 cm³/mol. The van der Waals surface area contributed by atoms with Gasteiger partial charge >= 0.3 is 0 Å². The molecule has 2 aliphatic rings. The van der Waals surface area contributed by atoms with Crippen molar-refractivity contribution in [3.8, 4) is 0 Å². The Morgan fingerprint density at radius 2 is 2.20 bits per heavy atom. The number of benzene rings is 1. The summed E-state index contributed by atoms with van der Waals surface area (Å²) in [6.07, 6.45) is 7.62. The smallest absolute Gasteiger partial charge is 0.0483 e. The summed E-state index contributed by atoms with van der Waals surface area (Å²) in [5.74, 6) is 0.758. The Morgan fingerprint density at radius 1 is 1.30 bits per heavy atom. The van der Waals surface area contributed by atoms with Crippen molar-refractivity contribution < 1.29 is 0 Å². The second kappa shape index (κ2) is 4.63. The highest BCUT2D eigenvalue weighted by Gasteiger charge is 2.37. The van der Waals surface area contributed by atoms with E-state index in [1.165, 1.54) is 44.3 Å². The number of hydrogen-bond donors (Lipinski definition) is 0. The molecule has 0 saturated carbocycles. The monoisotopic (exact) mass is 268 g/mol. The van der Waals surface area contributed by atoms with Gasteiger partial charge in [-0.25, -0.2) is 0 Å². The topological polar surface area (TPSA) is 8.17 Å². The van der Waals surface area contributed by atoms with Crippen LogP contribution < -0.4 is 0 Å². The first-order valence-corrected chi connectivity index (χ1v) is 8.10. The average Bonchev–Trinajstić information content (AvgIpc) is 2.78. The summed E-state index contributed by atoms with van der Waals surface area (Å²) >= 11 is 0. The third-order valence-corrected chi connectivity index (χ3v) is 5.36. The Bertz CT molecular complexity index is 638. The van der Waals surface area contributed by atoms with Gasteiger partial charge in [0.25, 0.3) is 0 Å². The van der Waals surface area contributed by atoms with E-state index >= 15 is 0 Å². The number of rotatable bonds is 2. The van der Waals surface area contributed by atoms with Gasteiger partial charge in [0.2, 0.25) is 0 Å². The minimum absolute atomic E-state index is 0.740. The molecule has 0 amide bonds. The molecule has 2 heteroatoms. The Hall–Kier alpha value is -1.28. The van der Waals surface area contributed by atoms with Crippen molar-refractivity contribution in [3.05, 3.63) is 35.5 Å². The van der Waals surface area contributed by atoms with Crippen molar-refractivity contribution in [1.29, 1.82) is 0 Å². The molecule has 1 saturated heterocycles. The van der Waals surface area contributed by atoms with Gasteiger partial charge in [-0.05, 0) is 56.0 Å². The van der Waals surface area contributed by atoms with Gasteiger partial charge in [0.05, 0.1) is 0 Å². The molecule has 1 aromatic carbocycles. The number of aromatic nitrogens is 1. The molecule has 1 aliphatic heterocycles. The highest BCUT2D eigenvalue weighted by Crippen LogP contribution is 2.43. The predicted octanol–water partition coefficient (Wildman–Crippen LogP) is 3.69. The zero-order chi connectivity index (χ0) is 13.7. The van der Waals surface area contributed by atoms with Crippen molar-refractivity contribution in [2.24, 2.45) is 7.05 Å². The fourth-order valence-corrected chi connectivity index (χ4v) is 4.58. The van der Waals surface area contributed by atoms with Crippen LogP contribution in [-0.2, 0) is 13.5 Å². The van der Waals surface area contributed by atoms with Crippen LogP contribution in [0.5, 0.6) is 0 Å². The standard InChI is InChI=1S/C18H24N2/c1-3-9-20-10-5-7-14-15-6-4-8-16-18(15)13(11-17(14)20)12-19(16)2/h4,6,8,12,14,17H,3,5,7,9-11H2,1-2H3/t14?,17-/m1/s1. The van der Waals surface area contributed by atoms with Crippen molar-refractivity contribution in [2.45, 2.75) is 44.6 Å². The summed E-state index contributed by atoms with van der Waals surface area (Å²) in [6, 6.07) is 7.65. The Kier molecular flexibility index (Phi) is 2.88. The molecular formula is C18H24N2. The first-order valence-electron chi connectivity index (χ1n) is 8.10. The molecule has 0 N–H and O–H groups in total. The summed E-state index contributed by atoms with van der Waals surface area (Å²) < 4.78 is 2.32. The van der Waals surface area contributed by atoms with E-state index in [-0.39, 0.29) is 0 Å². The maximum Gasteiger partial charge on any atom is 0.0483 e. The molecule has 2 nitrogen and oxygen atoms in total. The van der Waals surface area contributed by atoms with E-state index in [4.69, 9.17) is 0 Å². The van der Waals surface area contributed by atoms with Crippen molar-refractivity contribution in [2.75, 3.05) is 13.1 Å². The van der Waals surface area contributed by atoms with Crippen LogP contribution in [0.1, 0.15) is 43.2 Å². The van der Waals surface area contributed by atoms with Crippen LogP contribution in [0.3, 0.4) is 0 Å². The van der Waals surface area contributed by atoms with Crippen molar-refractivity contribution in [3.63, 3.8) is 0 Å². The van der Waals surface area contributed by atoms with Crippen LogP contribution in [0.4, 0.5) is 0 Å². The van der Waals surface area contributed by atoms with Crippen LogP contribution >= 0.6 is 0 Å². The molecular weight excluding hydrogens is 244 g/mol. The van der Waals surface area contributed by atoms with Gasteiger partial charge in [0.1, 0.15) is 0 Å². The first-order chi connectivity index (χ1) is 9.79. The third kappa shape index (κ3) is 1.67. The SMILES string of the molecule is CCCN1CCCC2c3cccc4c3c(cn4C)C[C@H]21. The maximum atomic E-state index is 2.75. The van der Waals surface area contributed by atoms with Gasteiger partial charge in [-0.1, -0.05) is 19.1 Å². The molecule has 2 aromatic rings. The Balaban J connectivity index is 1.84. The molecule has 1 aliphatic carbocycles. The largest absolute Gasteiger partial charge is 0.350 e. The second-order valence-electron chi connectivity index (χ2n) is 6.56. The average molecular weight is 268 g/mol. The lowest BCUT2D eigenvalue weighted by atomic mass is 9.75. The van der Waals surface area contributed by atoms with Gasteiger partial charge in [-0.3, -0.25) is 4.90 Å². The van der Waals surface area contributed by atoms with E-state index < -0.39 is 0 Å². The summed E-state index contributed by atoms with van der Waals surface area (Å²) in [6.45, 7) is 4.87. The van der Waals surface area contributed by atoms with Crippen LogP contribution in [0, 0.1) is 0 Å². The quantitative estimate of drug-likeness (QED) is 0.806. The Morgan fingerprint density at radius 3 is 3.05 bits per heavy atom. The van der Waals surface area contributed by atoms with E-state index in [1.54, 1.807) is 16.5 Å². The van der Waals surface area contributed by atoms with Crippen LogP contribution in [0.2, 0.25) is 0 Å². The number of likely N-dealkylation sites (tertiary alicyclic amines) is 1. The summed E-state index contributed by atoms with van der Waals surface area (Å²) in [4.78, 5) is 2.75. The van der Waals surface area contributed by atoms with Gasteiger partial charge in [0, 0.05) is 36.1 Å². The molecule has 2 atom stereocenters. The fourth-order valence-electron chi connectivity index (χ4n) is 4.58. The zero-order valence-corrected chi connectivity index (χ0v) is 12.6. The molecule has 106 valence electrons. The van der Waals surface area contributed by atoms with Crippen LogP contribution in [-0.4, -0.2) is 28.6 Å². The molecule has 1 fully saturated rings. The summed E-state index contributed by atoms with van der Waals surface area (Å²) in [5.41, 5.74) is 4.61. The number of piperidine rings is 1. The van der Waals surface area contributed by atoms with Crippen molar-refractivity contribution >= 4 is 10.9 Å². The lowest BCUT2D eigenvalue weighted by Gasteiger charge is -2.44. The summed E-state index contributed by atoms with van der Waals surface area (Å²) in [5, 5.41) is 1.56. The lowest BCUT2D eigenvalue weighted by Crippen LogP contribution is -2.46. The molecule has 0 spiro atoms. The molecule has 0 radical (unpaired) electrons. The number of fused-ring (bicyclic) bond motifs is 2. The second-order valence-corrected chi connectivity index (χ2v) is 6.56. The van der Waals surface area contributed by atoms with Gasteiger partial charge in [0.15, 0.2) is 0 Å². The van der Waals surface area contributed by atoms with E-state index in [1.807, 2.05) is 0 Å². The van der Waals surface area contributed by atoms with E-state index in [0.29, 0.717) is 0 Å².